The molecule has 1 atom stereocenters. The standard InChI is InChI=1S/C21H25Cl2F2NO2/c22-13-11-14(27)17(24)15(16(13)23)18(26-19(28)12-3-1-2-4-12)20-5-8-21(25,9-6-20)10-7-20/h11-12,18,27H,1-10H2,(H,26,28)/t18-,20?,21?/m1/s1. The Morgan fingerprint density at radius 1 is 1.14 bits per heavy atom. The van der Waals surface area contributed by atoms with E-state index >= 15 is 4.39 Å². The highest BCUT2D eigenvalue weighted by molar-refractivity contribution is 6.42. The third kappa shape index (κ3) is 3.39. The molecule has 7 heteroatoms. The van der Waals surface area contributed by atoms with E-state index in [-0.39, 0.29) is 27.4 Å². The first-order chi connectivity index (χ1) is 13.2. The highest BCUT2D eigenvalue weighted by Crippen LogP contribution is 2.60. The molecule has 0 radical (unpaired) electrons. The Hall–Kier alpha value is -1.07. The largest absolute Gasteiger partial charge is 0.505 e. The van der Waals surface area contributed by atoms with Crippen molar-refractivity contribution in [1.82, 2.24) is 5.32 Å². The second kappa shape index (κ2) is 7.32. The van der Waals surface area contributed by atoms with Crippen molar-refractivity contribution in [2.75, 3.05) is 0 Å². The summed E-state index contributed by atoms with van der Waals surface area (Å²) in [5.74, 6) is -1.66. The van der Waals surface area contributed by atoms with Gasteiger partial charge in [-0.05, 0) is 56.8 Å². The lowest BCUT2D eigenvalue weighted by Crippen LogP contribution is -2.51. The van der Waals surface area contributed by atoms with Gasteiger partial charge in [-0.25, -0.2) is 8.78 Å². The van der Waals surface area contributed by atoms with E-state index < -0.39 is 28.7 Å². The number of amides is 1. The van der Waals surface area contributed by atoms with E-state index in [1.54, 1.807) is 0 Å². The normalized spacial score (nSPS) is 31.1. The molecule has 0 saturated heterocycles. The number of alkyl halides is 1. The van der Waals surface area contributed by atoms with Crippen LogP contribution in [-0.2, 0) is 4.79 Å². The fourth-order valence-electron chi connectivity index (χ4n) is 5.44. The molecule has 5 rings (SSSR count). The summed E-state index contributed by atoms with van der Waals surface area (Å²) in [6, 6.07) is 0.340. The molecular weight excluding hydrogens is 407 g/mol. The predicted octanol–water partition coefficient (Wildman–Crippen LogP) is 6.25. The minimum atomic E-state index is -1.15. The number of phenols is 1. The predicted molar refractivity (Wildman–Crippen MR) is 105 cm³/mol. The maximum absolute atomic E-state index is 15.1. The minimum Gasteiger partial charge on any atom is -0.505 e. The van der Waals surface area contributed by atoms with Crippen molar-refractivity contribution < 1.29 is 18.7 Å². The molecule has 0 heterocycles. The van der Waals surface area contributed by atoms with Crippen LogP contribution in [0.1, 0.15) is 75.8 Å². The fourth-order valence-corrected chi connectivity index (χ4v) is 5.90. The van der Waals surface area contributed by atoms with Crippen LogP contribution in [0.15, 0.2) is 6.07 Å². The number of rotatable bonds is 4. The smallest absolute Gasteiger partial charge is 0.223 e. The molecule has 2 N–H and O–H groups in total. The minimum absolute atomic E-state index is 0.00530. The Kier molecular flexibility index (Phi) is 5.28. The number of aromatic hydroxyl groups is 1. The third-order valence-corrected chi connectivity index (χ3v) is 8.10. The zero-order valence-electron chi connectivity index (χ0n) is 15.7. The van der Waals surface area contributed by atoms with Crippen molar-refractivity contribution in [2.24, 2.45) is 11.3 Å². The summed E-state index contributed by atoms with van der Waals surface area (Å²) >= 11 is 12.5. The van der Waals surface area contributed by atoms with Crippen LogP contribution in [0.3, 0.4) is 0 Å². The summed E-state index contributed by atoms with van der Waals surface area (Å²) in [4.78, 5) is 13.0. The molecule has 154 valence electrons. The molecule has 0 unspecified atom stereocenters. The summed E-state index contributed by atoms with van der Waals surface area (Å²) < 4.78 is 29.8. The second-order valence-corrected chi connectivity index (χ2v) is 9.64. The average molecular weight is 432 g/mol. The SMILES string of the molecule is O=C(N[C@H](c1c(F)c(O)cc(Cl)c1Cl)C12CCC(F)(CC1)CC2)C1CCCC1. The first-order valence-electron chi connectivity index (χ1n) is 10.1. The Morgan fingerprint density at radius 2 is 1.71 bits per heavy atom. The quantitative estimate of drug-likeness (QED) is 0.553. The monoisotopic (exact) mass is 431 g/mol. The fraction of sp³-hybridized carbons (Fsp3) is 0.667. The Bertz CT molecular complexity index is 744. The molecule has 4 aliphatic carbocycles. The first-order valence-corrected chi connectivity index (χ1v) is 10.9. The Morgan fingerprint density at radius 3 is 2.29 bits per heavy atom. The molecule has 0 spiro atoms. The van der Waals surface area contributed by atoms with Crippen molar-refractivity contribution in [3.05, 3.63) is 27.5 Å². The Labute approximate surface area is 173 Å². The van der Waals surface area contributed by atoms with Crippen LogP contribution in [0, 0.1) is 17.2 Å². The van der Waals surface area contributed by atoms with E-state index in [1.807, 2.05) is 0 Å². The molecule has 4 fully saturated rings. The van der Waals surface area contributed by atoms with Crippen molar-refractivity contribution in [3.63, 3.8) is 0 Å². The van der Waals surface area contributed by atoms with Gasteiger partial charge in [-0.15, -0.1) is 0 Å². The van der Waals surface area contributed by atoms with Gasteiger partial charge in [0.05, 0.1) is 16.1 Å². The van der Waals surface area contributed by atoms with E-state index in [0.717, 1.165) is 31.7 Å². The van der Waals surface area contributed by atoms with Gasteiger partial charge in [0, 0.05) is 17.5 Å². The third-order valence-electron chi connectivity index (χ3n) is 7.30. The molecule has 0 aromatic heterocycles. The van der Waals surface area contributed by atoms with Crippen LogP contribution in [0.5, 0.6) is 5.75 Å². The summed E-state index contributed by atoms with van der Waals surface area (Å²) in [6.07, 6.45) is 6.47. The number of halogens is 4. The topological polar surface area (TPSA) is 49.3 Å². The molecule has 4 saturated carbocycles. The van der Waals surface area contributed by atoms with Gasteiger partial charge in [-0.3, -0.25) is 4.79 Å². The van der Waals surface area contributed by atoms with Crippen LogP contribution in [0.25, 0.3) is 0 Å². The molecule has 2 bridgehead atoms. The van der Waals surface area contributed by atoms with Crippen molar-refractivity contribution in [2.45, 2.75) is 75.9 Å². The van der Waals surface area contributed by atoms with Gasteiger partial charge in [0.2, 0.25) is 5.91 Å². The maximum atomic E-state index is 15.1. The van der Waals surface area contributed by atoms with E-state index in [9.17, 15) is 14.3 Å². The molecule has 28 heavy (non-hydrogen) atoms. The molecule has 4 aliphatic rings. The zero-order valence-corrected chi connectivity index (χ0v) is 17.2. The van der Waals surface area contributed by atoms with Gasteiger partial charge in [-0.2, -0.15) is 0 Å². The van der Waals surface area contributed by atoms with E-state index in [1.165, 1.54) is 0 Å². The highest BCUT2D eigenvalue weighted by Gasteiger charge is 2.54. The first kappa shape index (κ1) is 20.2. The summed E-state index contributed by atoms with van der Waals surface area (Å²) in [5.41, 5.74) is -1.60. The van der Waals surface area contributed by atoms with Crippen molar-refractivity contribution >= 4 is 29.1 Å². The Balaban J connectivity index is 1.75. The molecule has 1 amide bonds. The molecule has 3 nitrogen and oxygen atoms in total. The summed E-state index contributed by atoms with van der Waals surface area (Å²) in [5, 5.41) is 13.1. The van der Waals surface area contributed by atoms with Gasteiger partial charge >= 0.3 is 0 Å². The lowest BCUT2D eigenvalue weighted by molar-refractivity contribution is -0.128. The number of benzene rings is 1. The zero-order chi connectivity index (χ0) is 20.1. The van der Waals surface area contributed by atoms with Crippen molar-refractivity contribution in [1.29, 1.82) is 0 Å². The van der Waals surface area contributed by atoms with Crippen LogP contribution in [0.4, 0.5) is 8.78 Å². The van der Waals surface area contributed by atoms with Crippen molar-refractivity contribution in [3.8, 4) is 5.75 Å². The lowest BCUT2D eigenvalue weighted by atomic mass is 9.55. The average Bonchev–Trinajstić information content (AvgIpc) is 3.22. The van der Waals surface area contributed by atoms with Crippen LogP contribution < -0.4 is 5.32 Å². The summed E-state index contributed by atoms with van der Waals surface area (Å²) in [7, 11) is 0. The van der Waals surface area contributed by atoms with Gasteiger partial charge in [0.15, 0.2) is 11.6 Å². The van der Waals surface area contributed by atoms with E-state index in [0.29, 0.717) is 38.5 Å². The van der Waals surface area contributed by atoms with Gasteiger partial charge in [-0.1, -0.05) is 36.0 Å². The second-order valence-electron chi connectivity index (χ2n) is 8.86. The molecule has 0 aliphatic heterocycles. The number of carbonyl (C=O) groups is 1. The van der Waals surface area contributed by atoms with Gasteiger partial charge in [0.1, 0.15) is 5.67 Å². The number of fused-ring (bicyclic) bond motifs is 3. The van der Waals surface area contributed by atoms with Gasteiger partial charge < -0.3 is 10.4 Å². The lowest BCUT2D eigenvalue weighted by Gasteiger charge is -2.53. The molecule has 1 aromatic rings. The van der Waals surface area contributed by atoms with Crippen LogP contribution in [0.2, 0.25) is 10.0 Å². The summed E-state index contributed by atoms with van der Waals surface area (Å²) in [6.45, 7) is 0. The van der Waals surface area contributed by atoms with E-state index in [2.05, 4.69) is 5.32 Å². The van der Waals surface area contributed by atoms with Crippen LogP contribution in [-0.4, -0.2) is 16.7 Å². The number of hydrogen-bond donors (Lipinski definition) is 2. The maximum Gasteiger partial charge on any atom is 0.223 e. The number of hydrogen-bond acceptors (Lipinski definition) is 2. The van der Waals surface area contributed by atoms with Gasteiger partial charge in [0.25, 0.3) is 0 Å². The molecular formula is C21H25Cl2F2NO2. The number of phenolic OH excluding ortho intramolecular Hbond substituents is 1. The molecule has 1 aromatic carbocycles. The highest BCUT2D eigenvalue weighted by atomic mass is 35.5. The number of nitrogens with one attached hydrogen (secondary N) is 1. The van der Waals surface area contributed by atoms with E-state index in [4.69, 9.17) is 23.2 Å². The van der Waals surface area contributed by atoms with Crippen LogP contribution >= 0.6 is 23.2 Å². The number of carbonyl (C=O) groups excluding carboxylic acids is 1.